The molecule has 2 aliphatic rings. The van der Waals surface area contributed by atoms with Crippen LogP contribution in [-0.4, -0.2) is 36.0 Å². The lowest BCUT2D eigenvalue weighted by molar-refractivity contribution is -0.179. The van der Waals surface area contributed by atoms with Gasteiger partial charge in [-0.1, -0.05) is 6.92 Å². The van der Waals surface area contributed by atoms with Gasteiger partial charge >= 0.3 is 0 Å². The summed E-state index contributed by atoms with van der Waals surface area (Å²) in [5.74, 6) is 0. The van der Waals surface area contributed by atoms with Crippen molar-refractivity contribution in [1.29, 1.82) is 0 Å². The SMILES string of the molecule is CCC1NCCOC12CC(C)(C)OC2(C)C. The van der Waals surface area contributed by atoms with Crippen molar-refractivity contribution >= 4 is 0 Å². The Morgan fingerprint density at radius 1 is 1.25 bits per heavy atom. The Kier molecular flexibility index (Phi) is 2.84. The van der Waals surface area contributed by atoms with Gasteiger partial charge in [0.25, 0.3) is 0 Å². The third-order valence-corrected chi connectivity index (χ3v) is 4.06. The summed E-state index contributed by atoms with van der Waals surface area (Å²) in [6.45, 7) is 12.6. The van der Waals surface area contributed by atoms with Crippen LogP contribution in [0.1, 0.15) is 47.5 Å². The summed E-state index contributed by atoms with van der Waals surface area (Å²) in [6, 6.07) is 0.401. The molecule has 2 atom stereocenters. The van der Waals surface area contributed by atoms with Crippen LogP contribution in [0, 0.1) is 0 Å². The molecule has 2 fully saturated rings. The first-order valence-corrected chi connectivity index (χ1v) is 6.40. The number of hydrogen-bond acceptors (Lipinski definition) is 3. The zero-order valence-corrected chi connectivity index (χ0v) is 11.2. The quantitative estimate of drug-likeness (QED) is 0.744. The molecule has 2 heterocycles. The van der Waals surface area contributed by atoms with Gasteiger partial charge in [-0.05, 0) is 34.1 Å². The zero-order valence-electron chi connectivity index (χ0n) is 11.2. The summed E-state index contributed by atoms with van der Waals surface area (Å²) in [5, 5.41) is 3.59. The van der Waals surface area contributed by atoms with Crippen molar-refractivity contribution in [3.8, 4) is 0 Å². The van der Waals surface area contributed by atoms with Gasteiger partial charge in [-0.3, -0.25) is 0 Å². The minimum absolute atomic E-state index is 0.0874. The Morgan fingerprint density at radius 3 is 2.44 bits per heavy atom. The fourth-order valence-electron chi connectivity index (χ4n) is 3.63. The second kappa shape index (κ2) is 3.69. The van der Waals surface area contributed by atoms with E-state index in [2.05, 4.69) is 39.9 Å². The molecular weight excluding hydrogens is 202 g/mol. The molecule has 0 aromatic heterocycles. The van der Waals surface area contributed by atoms with Gasteiger partial charge in [-0.15, -0.1) is 0 Å². The van der Waals surface area contributed by atoms with Gasteiger partial charge in [0.2, 0.25) is 0 Å². The lowest BCUT2D eigenvalue weighted by atomic mass is 9.75. The zero-order chi connectivity index (χ0) is 12.0. The molecule has 0 aromatic rings. The molecule has 0 bridgehead atoms. The molecule has 2 rings (SSSR count). The Bertz CT molecular complexity index is 275. The summed E-state index contributed by atoms with van der Waals surface area (Å²) < 4.78 is 12.4. The van der Waals surface area contributed by atoms with Crippen molar-refractivity contribution < 1.29 is 9.47 Å². The standard InChI is InChI=1S/C13H25NO2/c1-6-10-13(15-8-7-14-10)9-11(2,3)16-12(13,4)5/h10,14H,6-9H2,1-5H3. The molecule has 0 radical (unpaired) electrons. The maximum Gasteiger partial charge on any atom is 0.114 e. The Balaban J connectivity index is 2.34. The molecule has 0 aliphatic carbocycles. The first-order valence-electron chi connectivity index (χ1n) is 6.40. The molecule has 0 amide bonds. The highest BCUT2D eigenvalue weighted by Crippen LogP contribution is 2.50. The van der Waals surface area contributed by atoms with Crippen LogP contribution >= 0.6 is 0 Å². The van der Waals surface area contributed by atoms with E-state index in [-0.39, 0.29) is 16.8 Å². The van der Waals surface area contributed by atoms with E-state index >= 15 is 0 Å². The molecule has 0 aromatic carbocycles. The van der Waals surface area contributed by atoms with Gasteiger partial charge in [0.1, 0.15) is 5.60 Å². The van der Waals surface area contributed by atoms with Crippen LogP contribution < -0.4 is 5.32 Å². The normalized spacial score (nSPS) is 41.4. The first kappa shape index (κ1) is 12.3. The molecule has 16 heavy (non-hydrogen) atoms. The van der Waals surface area contributed by atoms with Crippen LogP contribution in [0.25, 0.3) is 0 Å². The molecule has 2 saturated heterocycles. The predicted molar refractivity (Wildman–Crippen MR) is 64.6 cm³/mol. The van der Waals surface area contributed by atoms with Crippen molar-refractivity contribution in [2.75, 3.05) is 13.2 Å². The molecule has 1 spiro atoms. The first-order chi connectivity index (χ1) is 7.33. The Labute approximate surface area is 98.9 Å². The number of ether oxygens (including phenoxy) is 2. The van der Waals surface area contributed by atoms with Crippen molar-refractivity contribution in [3.05, 3.63) is 0 Å². The molecule has 2 aliphatic heterocycles. The minimum Gasteiger partial charge on any atom is -0.369 e. The predicted octanol–water partition coefficient (Wildman–Crippen LogP) is 2.10. The average Bonchev–Trinajstić information content (AvgIpc) is 2.32. The largest absolute Gasteiger partial charge is 0.369 e. The van der Waals surface area contributed by atoms with Crippen LogP contribution in [0.2, 0.25) is 0 Å². The molecule has 94 valence electrons. The maximum absolute atomic E-state index is 6.20. The third kappa shape index (κ3) is 1.69. The van der Waals surface area contributed by atoms with Gasteiger partial charge in [-0.25, -0.2) is 0 Å². The van der Waals surface area contributed by atoms with E-state index in [4.69, 9.17) is 9.47 Å². The molecule has 1 N–H and O–H groups in total. The van der Waals surface area contributed by atoms with Gasteiger partial charge in [0.15, 0.2) is 0 Å². The average molecular weight is 227 g/mol. The molecular formula is C13H25NO2. The monoisotopic (exact) mass is 227 g/mol. The fourth-order valence-corrected chi connectivity index (χ4v) is 3.63. The summed E-state index contributed by atoms with van der Waals surface area (Å²) in [5.41, 5.74) is -0.468. The van der Waals surface area contributed by atoms with Crippen molar-refractivity contribution in [3.63, 3.8) is 0 Å². The maximum atomic E-state index is 6.20. The summed E-state index contributed by atoms with van der Waals surface area (Å²) in [6.07, 6.45) is 2.06. The summed E-state index contributed by atoms with van der Waals surface area (Å²) >= 11 is 0. The highest BCUT2D eigenvalue weighted by atomic mass is 16.6. The Hall–Kier alpha value is -0.120. The van der Waals surface area contributed by atoms with E-state index in [0.717, 1.165) is 26.0 Å². The third-order valence-electron chi connectivity index (χ3n) is 4.06. The number of morpholine rings is 1. The molecule has 2 unspecified atom stereocenters. The van der Waals surface area contributed by atoms with Gasteiger partial charge in [0.05, 0.1) is 17.8 Å². The van der Waals surface area contributed by atoms with Crippen LogP contribution in [-0.2, 0) is 9.47 Å². The second-order valence-corrected chi connectivity index (χ2v) is 6.20. The van der Waals surface area contributed by atoms with E-state index in [1.165, 1.54) is 0 Å². The van der Waals surface area contributed by atoms with Crippen molar-refractivity contribution in [1.82, 2.24) is 5.32 Å². The van der Waals surface area contributed by atoms with E-state index in [1.807, 2.05) is 0 Å². The lowest BCUT2D eigenvalue weighted by Gasteiger charge is -2.48. The van der Waals surface area contributed by atoms with Gasteiger partial charge in [-0.2, -0.15) is 0 Å². The molecule has 0 saturated carbocycles. The topological polar surface area (TPSA) is 30.5 Å². The van der Waals surface area contributed by atoms with Crippen LogP contribution in [0.3, 0.4) is 0 Å². The number of hydrogen-bond donors (Lipinski definition) is 1. The lowest BCUT2D eigenvalue weighted by Crippen LogP contribution is -2.65. The highest BCUT2D eigenvalue weighted by Gasteiger charge is 2.62. The highest BCUT2D eigenvalue weighted by molar-refractivity contribution is 5.14. The van der Waals surface area contributed by atoms with E-state index in [1.54, 1.807) is 0 Å². The van der Waals surface area contributed by atoms with Crippen LogP contribution in [0.15, 0.2) is 0 Å². The van der Waals surface area contributed by atoms with Gasteiger partial charge < -0.3 is 14.8 Å². The van der Waals surface area contributed by atoms with E-state index < -0.39 is 0 Å². The smallest absolute Gasteiger partial charge is 0.114 e. The second-order valence-electron chi connectivity index (χ2n) is 6.20. The van der Waals surface area contributed by atoms with E-state index in [9.17, 15) is 0 Å². The van der Waals surface area contributed by atoms with Crippen LogP contribution in [0.4, 0.5) is 0 Å². The minimum atomic E-state index is -0.218. The number of nitrogens with one attached hydrogen (secondary N) is 1. The van der Waals surface area contributed by atoms with Gasteiger partial charge in [0, 0.05) is 19.0 Å². The Morgan fingerprint density at radius 2 is 1.94 bits per heavy atom. The molecule has 3 heteroatoms. The summed E-state index contributed by atoms with van der Waals surface area (Å²) in [7, 11) is 0. The van der Waals surface area contributed by atoms with Crippen LogP contribution in [0.5, 0.6) is 0 Å². The van der Waals surface area contributed by atoms with Crippen molar-refractivity contribution in [2.45, 2.75) is 70.3 Å². The van der Waals surface area contributed by atoms with Crippen molar-refractivity contribution in [2.24, 2.45) is 0 Å². The number of rotatable bonds is 1. The fraction of sp³-hybridized carbons (Fsp3) is 1.00. The van der Waals surface area contributed by atoms with E-state index in [0.29, 0.717) is 6.04 Å². The summed E-state index contributed by atoms with van der Waals surface area (Å²) in [4.78, 5) is 0. The molecule has 3 nitrogen and oxygen atoms in total.